The molecule has 1 N–H and O–H groups in total. The SMILES string of the molecule is C[C@H]1CC2(CCN(c3ccc(N4CC(N(C)C5CN(c6ccc7c(c6)C(=O)N(C6CCC(=O)NC6=O)C7=O)C5)C4)cc3)CC2)CN1c1ccc(C#N)c(Cl)c1. The third kappa shape index (κ3) is 6.18. The van der Waals surface area contributed by atoms with Gasteiger partial charge < -0.3 is 19.6 Å². The number of piperidine rings is 2. The van der Waals surface area contributed by atoms with E-state index in [4.69, 9.17) is 11.6 Å². The zero-order chi connectivity index (χ0) is 38.2. The molecule has 6 heterocycles. The van der Waals surface area contributed by atoms with Crippen LogP contribution < -0.4 is 24.9 Å². The van der Waals surface area contributed by atoms with E-state index in [0.29, 0.717) is 45.3 Å². The number of carbonyl (C=O) groups excluding carboxylic acids is 4. The molecule has 6 aliphatic heterocycles. The monoisotopic (exact) mass is 760 g/mol. The third-order valence-electron chi connectivity index (χ3n) is 13.2. The van der Waals surface area contributed by atoms with Crippen LogP contribution >= 0.6 is 11.6 Å². The van der Waals surface area contributed by atoms with E-state index < -0.39 is 23.8 Å². The van der Waals surface area contributed by atoms with Gasteiger partial charge in [0.05, 0.1) is 21.7 Å². The highest BCUT2D eigenvalue weighted by atomic mass is 35.5. The van der Waals surface area contributed by atoms with Crippen molar-refractivity contribution in [3.8, 4) is 6.07 Å². The van der Waals surface area contributed by atoms with Gasteiger partial charge in [0.2, 0.25) is 11.8 Å². The first kappa shape index (κ1) is 35.6. The summed E-state index contributed by atoms with van der Waals surface area (Å²) in [5, 5.41) is 12.1. The fourth-order valence-electron chi connectivity index (χ4n) is 9.71. The molecule has 0 aliphatic carbocycles. The molecule has 1 unspecified atom stereocenters. The van der Waals surface area contributed by atoms with E-state index in [2.05, 4.69) is 74.1 Å². The highest BCUT2D eigenvalue weighted by molar-refractivity contribution is 6.32. The van der Waals surface area contributed by atoms with Crippen molar-refractivity contribution < 1.29 is 19.2 Å². The number of rotatable bonds is 7. The predicted molar refractivity (Wildman–Crippen MR) is 211 cm³/mol. The summed E-state index contributed by atoms with van der Waals surface area (Å²) < 4.78 is 0. The van der Waals surface area contributed by atoms with Gasteiger partial charge >= 0.3 is 0 Å². The number of amides is 4. The lowest BCUT2D eigenvalue weighted by molar-refractivity contribution is -0.136. The van der Waals surface area contributed by atoms with Crippen molar-refractivity contribution in [1.82, 2.24) is 15.1 Å². The second-order valence-corrected chi connectivity index (χ2v) is 16.8. The lowest BCUT2D eigenvalue weighted by Gasteiger charge is -2.53. The molecule has 13 heteroatoms. The number of hydrogen-bond acceptors (Lipinski definition) is 10. The molecular formula is C42H45ClN8O4. The molecule has 0 aromatic heterocycles. The lowest BCUT2D eigenvalue weighted by Crippen LogP contribution is -2.67. The van der Waals surface area contributed by atoms with E-state index >= 15 is 0 Å². The molecule has 5 fully saturated rings. The van der Waals surface area contributed by atoms with Gasteiger partial charge in [0.25, 0.3) is 11.8 Å². The van der Waals surface area contributed by atoms with Crippen molar-refractivity contribution in [1.29, 1.82) is 5.26 Å². The number of anilines is 4. The molecule has 0 saturated carbocycles. The van der Waals surface area contributed by atoms with Crippen LogP contribution in [-0.2, 0) is 9.59 Å². The normalized spacial score (nSPS) is 24.0. The number of nitrogens with one attached hydrogen (secondary N) is 1. The Bertz CT molecular complexity index is 2120. The van der Waals surface area contributed by atoms with Crippen LogP contribution in [0.15, 0.2) is 60.7 Å². The first-order valence-corrected chi connectivity index (χ1v) is 19.8. The molecule has 0 bridgehead atoms. The fourth-order valence-corrected chi connectivity index (χ4v) is 9.93. The second-order valence-electron chi connectivity index (χ2n) is 16.4. The standard InChI is InChI=1S/C42H45ClN8O4/c1-26-19-42(25-50(26)31-4-3-27(20-44)36(43)18-31)13-15-47(16-14-42)28-5-7-29(8-6-28)48-21-32(22-48)46(2)33-23-49(24-33)30-9-10-34-35(17-30)41(55)51(40(34)54)37-11-12-38(52)45-39(37)53/h3-10,17-18,26,32-33,37H,11-16,19,21-25H2,1-2H3,(H,45,52,53)/t26-,37?/m0/s1. The maximum Gasteiger partial charge on any atom is 0.262 e. The van der Waals surface area contributed by atoms with Crippen LogP contribution in [0.4, 0.5) is 22.7 Å². The van der Waals surface area contributed by atoms with Gasteiger partial charge in [0.1, 0.15) is 12.1 Å². The maximum absolute atomic E-state index is 13.3. The molecule has 1 spiro atoms. The summed E-state index contributed by atoms with van der Waals surface area (Å²) in [7, 11) is 2.20. The predicted octanol–water partition coefficient (Wildman–Crippen LogP) is 4.51. The van der Waals surface area contributed by atoms with Crippen LogP contribution in [0.1, 0.15) is 65.3 Å². The van der Waals surface area contributed by atoms with E-state index in [1.54, 1.807) is 12.1 Å². The number of nitriles is 1. The van der Waals surface area contributed by atoms with Crippen molar-refractivity contribution in [3.63, 3.8) is 0 Å². The highest BCUT2D eigenvalue weighted by Crippen LogP contribution is 2.46. The zero-order valence-corrected chi connectivity index (χ0v) is 32.0. The third-order valence-corrected chi connectivity index (χ3v) is 13.6. The molecule has 55 heavy (non-hydrogen) atoms. The Morgan fingerprint density at radius 1 is 0.800 bits per heavy atom. The minimum atomic E-state index is -0.962. The fraction of sp³-hybridized carbons (Fsp3) is 0.452. The van der Waals surface area contributed by atoms with E-state index in [1.165, 1.54) is 17.8 Å². The molecule has 3 aromatic carbocycles. The molecule has 4 amide bonds. The quantitative estimate of drug-likeness (QED) is 0.345. The number of halogens is 1. The molecule has 5 saturated heterocycles. The maximum atomic E-state index is 13.3. The minimum absolute atomic E-state index is 0.100. The van der Waals surface area contributed by atoms with Crippen LogP contribution in [0.3, 0.4) is 0 Å². The molecule has 12 nitrogen and oxygen atoms in total. The summed E-state index contributed by atoms with van der Waals surface area (Å²) >= 11 is 6.38. The summed E-state index contributed by atoms with van der Waals surface area (Å²) in [4.78, 5) is 63.6. The summed E-state index contributed by atoms with van der Waals surface area (Å²) in [5.74, 6) is -1.94. The largest absolute Gasteiger partial charge is 0.371 e. The molecular weight excluding hydrogens is 716 g/mol. The Labute approximate surface area is 326 Å². The van der Waals surface area contributed by atoms with Crippen LogP contribution in [0.2, 0.25) is 5.02 Å². The molecule has 2 atom stereocenters. The van der Waals surface area contributed by atoms with E-state index in [-0.39, 0.29) is 18.7 Å². The Kier molecular flexibility index (Phi) is 8.78. The molecule has 3 aromatic rings. The highest BCUT2D eigenvalue weighted by Gasteiger charge is 2.46. The second kappa shape index (κ2) is 13.6. The minimum Gasteiger partial charge on any atom is -0.371 e. The van der Waals surface area contributed by atoms with Gasteiger partial charge in [-0.2, -0.15) is 5.26 Å². The van der Waals surface area contributed by atoms with E-state index in [9.17, 15) is 24.4 Å². The van der Waals surface area contributed by atoms with Gasteiger partial charge in [-0.15, -0.1) is 0 Å². The lowest BCUT2D eigenvalue weighted by atomic mass is 9.76. The number of nitrogens with zero attached hydrogens (tertiary/aromatic N) is 7. The summed E-state index contributed by atoms with van der Waals surface area (Å²) in [6.45, 7) is 9.03. The molecule has 284 valence electrons. The van der Waals surface area contributed by atoms with Gasteiger partial charge in [-0.05, 0) is 106 Å². The molecule has 9 rings (SSSR count). The smallest absolute Gasteiger partial charge is 0.262 e. The van der Waals surface area contributed by atoms with Crippen molar-refractivity contribution in [2.45, 2.75) is 63.2 Å². The number of imide groups is 2. The number of hydrogen-bond donors (Lipinski definition) is 1. The summed E-state index contributed by atoms with van der Waals surface area (Å²) in [6.07, 6.45) is 3.73. The van der Waals surface area contributed by atoms with Crippen LogP contribution in [0.5, 0.6) is 0 Å². The Hall–Kier alpha value is -5.12. The van der Waals surface area contributed by atoms with Crippen molar-refractivity contribution in [2.75, 3.05) is 72.5 Å². The number of fused-ring (bicyclic) bond motifs is 1. The van der Waals surface area contributed by atoms with Crippen LogP contribution in [0.25, 0.3) is 0 Å². The average molecular weight is 761 g/mol. The summed E-state index contributed by atoms with van der Waals surface area (Å²) in [5.41, 5.74) is 5.97. The van der Waals surface area contributed by atoms with Crippen LogP contribution in [0, 0.1) is 16.7 Å². The van der Waals surface area contributed by atoms with Crippen molar-refractivity contribution in [2.24, 2.45) is 5.41 Å². The average Bonchev–Trinajstić information content (AvgIpc) is 3.58. The van der Waals surface area contributed by atoms with Crippen molar-refractivity contribution in [3.05, 3.63) is 82.4 Å². The van der Waals surface area contributed by atoms with Crippen LogP contribution in [-0.4, -0.2) is 110 Å². The number of benzene rings is 3. The Morgan fingerprint density at radius 2 is 1.40 bits per heavy atom. The Morgan fingerprint density at radius 3 is 2.04 bits per heavy atom. The van der Waals surface area contributed by atoms with Gasteiger partial charge in [-0.3, -0.25) is 34.3 Å². The number of carbonyl (C=O) groups is 4. The summed E-state index contributed by atoms with van der Waals surface area (Å²) in [6, 6.07) is 22.7. The zero-order valence-electron chi connectivity index (χ0n) is 31.2. The Balaban J connectivity index is 0.744. The molecule has 6 aliphatic rings. The van der Waals surface area contributed by atoms with E-state index in [0.717, 1.165) is 74.9 Å². The van der Waals surface area contributed by atoms with Gasteiger partial charge in [-0.25, -0.2) is 0 Å². The molecule has 0 radical (unpaired) electrons. The van der Waals surface area contributed by atoms with Gasteiger partial charge in [0.15, 0.2) is 0 Å². The number of likely N-dealkylation sites (N-methyl/N-ethyl adjacent to an activating group) is 1. The van der Waals surface area contributed by atoms with Crippen molar-refractivity contribution >= 4 is 58.0 Å². The van der Waals surface area contributed by atoms with Gasteiger partial charge in [0, 0.05) is 93.1 Å². The first-order valence-electron chi connectivity index (χ1n) is 19.4. The topological polar surface area (TPSA) is 124 Å². The van der Waals surface area contributed by atoms with E-state index in [1.807, 2.05) is 24.3 Å². The first-order chi connectivity index (χ1) is 26.5. The van der Waals surface area contributed by atoms with Gasteiger partial charge in [-0.1, -0.05) is 11.6 Å².